The van der Waals surface area contributed by atoms with Gasteiger partial charge in [0, 0.05) is 6.54 Å². The van der Waals surface area contributed by atoms with E-state index >= 15 is 0 Å². The zero-order valence-electron chi connectivity index (χ0n) is 6.66. The van der Waals surface area contributed by atoms with Crippen LogP contribution in [0.2, 0.25) is 0 Å². The quantitative estimate of drug-likeness (QED) is 0.571. The Morgan fingerprint density at radius 1 is 1.25 bits per heavy atom. The fraction of sp³-hybridized carbons (Fsp3) is 0.222. The van der Waals surface area contributed by atoms with Gasteiger partial charge in [0.25, 0.3) is 0 Å². The van der Waals surface area contributed by atoms with Crippen molar-refractivity contribution in [2.24, 2.45) is 0 Å². The van der Waals surface area contributed by atoms with Crippen LogP contribution < -0.4 is 5.32 Å². The lowest BCUT2D eigenvalue weighted by Crippen LogP contribution is -2.12. The van der Waals surface area contributed by atoms with Gasteiger partial charge in [-0.05, 0) is 5.56 Å². The summed E-state index contributed by atoms with van der Waals surface area (Å²) in [7, 11) is 0. The monoisotopic (exact) mass is 182 g/mol. The Labute approximate surface area is 78.6 Å². The van der Waals surface area contributed by atoms with Gasteiger partial charge in [0.05, 0.1) is 12.6 Å². The Hall–Kier alpha value is -1.04. The molecule has 0 fully saturated rings. The molecule has 0 aliphatic heterocycles. The molecule has 0 atom stereocenters. The molecule has 0 aliphatic rings. The van der Waals surface area contributed by atoms with Crippen molar-refractivity contribution in [3.05, 3.63) is 35.9 Å². The minimum atomic E-state index is 0. The van der Waals surface area contributed by atoms with Crippen LogP contribution in [0.4, 0.5) is 0 Å². The summed E-state index contributed by atoms with van der Waals surface area (Å²) in [6, 6.07) is 12.0. The number of benzene rings is 1. The van der Waals surface area contributed by atoms with E-state index in [1.807, 2.05) is 36.4 Å². The molecular weight excluding hydrogens is 172 g/mol. The third kappa shape index (κ3) is 3.97. The van der Waals surface area contributed by atoms with Gasteiger partial charge in [0.2, 0.25) is 0 Å². The lowest BCUT2D eigenvalue weighted by atomic mass is 10.2. The fourth-order valence-electron chi connectivity index (χ4n) is 0.859. The van der Waals surface area contributed by atoms with Gasteiger partial charge in [-0.15, -0.1) is 12.4 Å². The van der Waals surface area contributed by atoms with E-state index in [0.29, 0.717) is 6.54 Å². The number of nitrogens with one attached hydrogen (secondary N) is 1. The zero-order valence-corrected chi connectivity index (χ0v) is 7.47. The van der Waals surface area contributed by atoms with Crippen LogP contribution in [0.25, 0.3) is 0 Å². The molecule has 0 amide bonds. The van der Waals surface area contributed by atoms with Crippen molar-refractivity contribution in [3.8, 4) is 6.07 Å². The molecule has 0 aliphatic carbocycles. The van der Waals surface area contributed by atoms with Crippen molar-refractivity contribution < 1.29 is 0 Å². The van der Waals surface area contributed by atoms with Crippen LogP contribution in [-0.2, 0) is 6.54 Å². The molecule has 0 radical (unpaired) electrons. The summed E-state index contributed by atoms with van der Waals surface area (Å²) >= 11 is 0. The minimum Gasteiger partial charge on any atom is -0.300 e. The molecule has 0 bridgehead atoms. The predicted octanol–water partition coefficient (Wildman–Crippen LogP) is 1.72. The molecule has 2 nitrogen and oxygen atoms in total. The zero-order chi connectivity index (χ0) is 7.94. The van der Waals surface area contributed by atoms with Gasteiger partial charge in [-0.1, -0.05) is 30.3 Å². The third-order valence-electron chi connectivity index (χ3n) is 1.38. The van der Waals surface area contributed by atoms with Crippen molar-refractivity contribution in [3.63, 3.8) is 0 Å². The Morgan fingerprint density at radius 3 is 2.50 bits per heavy atom. The van der Waals surface area contributed by atoms with E-state index < -0.39 is 0 Å². The second kappa shape index (κ2) is 6.66. The Bertz CT molecular complexity index is 240. The molecule has 0 saturated carbocycles. The van der Waals surface area contributed by atoms with Gasteiger partial charge < -0.3 is 5.32 Å². The van der Waals surface area contributed by atoms with Crippen molar-refractivity contribution in [2.45, 2.75) is 6.54 Å². The summed E-state index contributed by atoms with van der Waals surface area (Å²) in [4.78, 5) is 0. The molecule has 0 aromatic heterocycles. The van der Waals surface area contributed by atoms with Crippen LogP contribution >= 0.6 is 12.4 Å². The van der Waals surface area contributed by atoms with Crippen LogP contribution in [0, 0.1) is 11.3 Å². The first-order chi connectivity index (χ1) is 5.43. The maximum Gasteiger partial charge on any atom is 0.0843 e. The van der Waals surface area contributed by atoms with E-state index in [2.05, 4.69) is 5.32 Å². The molecule has 1 aromatic carbocycles. The van der Waals surface area contributed by atoms with Crippen molar-refractivity contribution >= 4 is 12.4 Å². The SMILES string of the molecule is Cl.N#CCNCc1ccccc1. The Balaban J connectivity index is 0.00000121. The second-order valence-electron chi connectivity index (χ2n) is 2.25. The first kappa shape index (κ1) is 11.0. The summed E-state index contributed by atoms with van der Waals surface area (Å²) in [6.07, 6.45) is 0. The molecule has 3 heteroatoms. The van der Waals surface area contributed by atoms with Crippen LogP contribution in [0.3, 0.4) is 0 Å². The van der Waals surface area contributed by atoms with Crippen molar-refractivity contribution in [2.75, 3.05) is 6.54 Å². The van der Waals surface area contributed by atoms with E-state index in [4.69, 9.17) is 5.26 Å². The van der Waals surface area contributed by atoms with Crippen LogP contribution in [-0.4, -0.2) is 6.54 Å². The second-order valence-corrected chi connectivity index (χ2v) is 2.25. The molecule has 0 saturated heterocycles. The van der Waals surface area contributed by atoms with Gasteiger partial charge in [0.15, 0.2) is 0 Å². The fourth-order valence-corrected chi connectivity index (χ4v) is 0.859. The smallest absolute Gasteiger partial charge is 0.0843 e. The molecule has 1 aromatic rings. The lowest BCUT2D eigenvalue weighted by molar-refractivity contribution is 0.765. The maximum atomic E-state index is 8.23. The highest BCUT2D eigenvalue weighted by Gasteiger charge is 1.87. The number of nitrogens with zero attached hydrogens (tertiary/aromatic N) is 1. The number of rotatable bonds is 3. The van der Waals surface area contributed by atoms with E-state index in [9.17, 15) is 0 Å². The van der Waals surface area contributed by atoms with Gasteiger partial charge in [-0.2, -0.15) is 5.26 Å². The standard InChI is InChI=1S/C9H10N2.ClH/c10-6-7-11-8-9-4-2-1-3-5-9;/h1-5,11H,7-8H2;1H. The summed E-state index contributed by atoms with van der Waals surface area (Å²) in [5.74, 6) is 0. The number of halogens is 1. The van der Waals surface area contributed by atoms with E-state index in [-0.39, 0.29) is 12.4 Å². The number of nitriles is 1. The van der Waals surface area contributed by atoms with Crippen molar-refractivity contribution in [1.82, 2.24) is 5.32 Å². The van der Waals surface area contributed by atoms with E-state index in [1.165, 1.54) is 5.56 Å². The first-order valence-corrected chi connectivity index (χ1v) is 3.55. The summed E-state index contributed by atoms with van der Waals surface area (Å²) < 4.78 is 0. The highest BCUT2D eigenvalue weighted by molar-refractivity contribution is 5.85. The third-order valence-corrected chi connectivity index (χ3v) is 1.38. The van der Waals surface area contributed by atoms with Gasteiger partial charge in [-0.3, -0.25) is 0 Å². The van der Waals surface area contributed by atoms with Gasteiger partial charge in [0.1, 0.15) is 0 Å². The number of hydrogen-bond acceptors (Lipinski definition) is 2. The molecule has 0 spiro atoms. The molecule has 0 unspecified atom stereocenters. The minimum absolute atomic E-state index is 0. The predicted molar refractivity (Wildman–Crippen MR) is 51.0 cm³/mol. The van der Waals surface area contributed by atoms with Crippen LogP contribution in [0.5, 0.6) is 0 Å². The topological polar surface area (TPSA) is 35.8 Å². The number of hydrogen-bond donors (Lipinski definition) is 1. The average Bonchev–Trinajstić information content (AvgIpc) is 2.07. The molecule has 0 heterocycles. The molecule has 64 valence electrons. The van der Waals surface area contributed by atoms with Crippen LogP contribution in [0.15, 0.2) is 30.3 Å². The summed E-state index contributed by atoms with van der Waals surface area (Å²) in [5, 5.41) is 11.2. The van der Waals surface area contributed by atoms with E-state index in [0.717, 1.165) is 6.54 Å². The average molecular weight is 183 g/mol. The molecule has 1 rings (SSSR count). The Kier molecular flexibility index (Phi) is 6.08. The molecular formula is C9H11ClN2. The van der Waals surface area contributed by atoms with Gasteiger partial charge in [-0.25, -0.2) is 0 Å². The Morgan fingerprint density at radius 2 is 1.92 bits per heavy atom. The molecule has 12 heavy (non-hydrogen) atoms. The normalized spacial score (nSPS) is 8.25. The first-order valence-electron chi connectivity index (χ1n) is 3.55. The largest absolute Gasteiger partial charge is 0.300 e. The van der Waals surface area contributed by atoms with Gasteiger partial charge >= 0.3 is 0 Å². The van der Waals surface area contributed by atoms with Crippen LogP contribution in [0.1, 0.15) is 5.56 Å². The summed E-state index contributed by atoms with van der Waals surface area (Å²) in [6.45, 7) is 1.18. The maximum absolute atomic E-state index is 8.23. The van der Waals surface area contributed by atoms with E-state index in [1.54, 1.807) is 0 Å². The highest BCUT2D eigenvalue weighted by atomic mass is 35.5. The molecule has 1 N–H and O–H groups in total. The van der Waals surface area contributed by atoms with Crippen molar-refractivity contribution in [1.29, 1.82) is 5.26 Å². The highest BCUT2D eigenvalue weighted by Crippen LogP contribution is 1.96. The summed E-state index contributed by atoms with van der Waals surface area (Å²) in [5.41, 5.74) is 1.21. The lowest BCUT2D eigenvalue weighted by Gasteiger charge is -1.98.